The second kappa shape index (κ2) is 8.33. The highest BCUT2D eigenvalue weighted by Gasteiger charge is 2.53. The van der Waals surface area contributed by atoms with E-state index in [-0.39, 0.29) is 22.5 Å². The van der Waals surface area contributed by atoms with Crippen LogP contribution in [0.5, 0.6) is 0 Å². The van der Waals surface area contributed by atoms with Crippen molar-refractivity contribution in [2.45, 2.75) is 37.2 Å². The summed E-state index contributed by atoms with van der Waals surface area (Å²) in [4.78, 5) is 34.3. The Bertz CT molecular complexity index is 1150. The first-order valence-corrected chi connectivity index (χ1v) is 12.3. The molecule has 2 aromatic carbocycles. The second-order valence-electron chi connectivity index (χ2n) is 8.20. The Morgan fingerprint density at radius 2 is 1.97 bits per heavy atom. The number of amides is 2. The third kappa shape index (κ3) is 3.82. The van der Waals surface area contributed by atoms with Gasteiger partial charge in [-0.3, -0.25) is 14.5 Å². The average molecular weight is 468 g/mol. The van der Waals surface area contributed by atoms with Gasteiger partial charge in [-0.25, -0.2) is 9.37 Å². The van der Waals surface area contributed by atoms with E-state index in [0.29, 0.717) is 29.5 Å². The van der Waals surface area contributed by atoms with Gasteiger partial charge in [0, 0.05) is 23.1 Å². The Morgan fingerprint density at radius 3 is 2.72 bits per heavy atom. The molecule has 8 heteroatoms. The van der Waals surface area contributed by atoms with Crippen molar-refractivity contribution in [2.75, 3.05) is 10.7 Å². The van der Waals surface area contributed by atoms with E-state index in [9.17, 15) is 14.0 Å². The highest BCUT2D eigenvalue weighted by atomic mass is 32.2. The van der Waals surface area contributed by atoms with Gasteiger partial charge in [0.25, 0.3) is 5.91 Å². The summed E-state index contributed by atoms with van der Waals surface area (Å²) in [5.41, 5.74) is 2.47. The van der Waals surface area contributed by atoms with Crippen molar-refractivity contribution in [3.63, 3.8) is 0 Å². The summed E-state index contributed by atoms with van der Waals surface area (Å²) < 4.78 is 13.3. The average Bonchev–Trinajstić information content (AvgIpc) is 3.49. The molecule has 3 aromatic rings. The van der Waals surface area contributed by atoms with Crippen LogP contribution in [0.3, 0.4) is 0 Å². The van der Waals surface area contributed by atoms with Gasteiger partial charge in [-0.15, -0.1) is 23.1 Å². The van der Waals surface area contributed by atoms with E-state index in [4.69, 9.17) is 4.98 Å². The molecule has 2 aliphatic heterocycles. The number of aromatic nitrogens is 1. The summed E-state index contributed by atoms with van der Waals surface area (Å²) in [6.07, 6.45) is 1.25. The van der Waals surface area contributed by atoms with Crippen molar-refractivity contribution in [1.82, 2.24) is 9.88 Å². The van der Waals surface area contributed by atoms with Gasteiger partial charge in [-0.2, -0.15) is 0 Å². The first kappa shape index (κ1) is 21.2. The molecule has 5 nitrogen and oxygen atoms in total. The number of thiazole rings is 1. The molecule has 5 rings (SSSR count). The molecular formula is C24H22FN3O2S2. The predicted molar refractivity (Wildman–Crippen MR) is 126 cm³/mol. The maximum Gasteiger partial charge on any atom is 0.252 e. The van der Waals surface area contributed by atoms with Crippen LogP contribution in [0.1, 0.15) is 25.3 Å². The minimum atomic E-state index is -0.498. The topological polar surface area (TPSA) is 53.5 Å². The SMILES string of the molecule is CC12CCC(=O)N1C(C(=O)N(Cc1ccccc1)c1nc(-c3ccc(F)cc3)cs1)CS2. The lowest BCUT2D eigenvalue weighted by molar-refractivity contribution is -0.136. The molecule has 0 spiro atoms. The standard InChI is InChI=1S/C24H22FN3O2S2/c1-24-12-11-21(29)28(24)20(15-32-24)22(30)27(13-16-5-3-2-4-6-16)23-26-19(14-31-23)17-7-9-18(25)10-8-17/h2-10,14,20H,11-13,15H2,1H3. The second-order valence-corrected chi connectivity index (χ2v) is 10.5. The molecule has 0 saturated carbocycles. The molecule has 164 valence electrons. The maximum absolute atomic E-state index is 13.8. The molecule has 3 heterocycles. The Balaban J connectivity index is 1.48. The maximum atomic E-state index is 13.8. The molecule has 32 heavy (non-hydrogen) atoms. The molecule has 2 atom stereocenters. The number of anilines is 1. The normalized spacial score (nSPS) is 22.2. The van der Waals surface area contributed by atoms with Crippen LogP contribution in [-0.4, -0.2) is 38.4 Å². The Hall–Kier alpha value is -2.71. The number of hydrogen-bond acceptors (Lipinski definition) is 5. The van der Waals surface area contributed by atoms with Gasteiger partial charge in [0.1, 0.15) is 11.9 Å². The number of nitrogens with zero attached hydrogens (tertiary/aromatic N) is 3. The molecule has 2 amide bonds. The molecule has 0 radical (unpaired) electrons. The zero-order chi connectivity index (χ0) is 22.3. The number of carbonyl (C=O) groups excluding carboxylic acids is 2. The summed E-state index contributed by atoms with van der Waals surface area (Å²) in [7, 11) is 0. The Morgan fingerprint density at radius 1 is 1.22 bits per heavy atom. The van der Waals surface area contributed by atoms with Gasteiger partial charge < -0.3 is 4.90 Å². The van der Waals surface area contributed by atoms with Crippen LogP contribution in [0, 0.1) is 5.82 Å². The number of thioether (sulfide) groups is 1. The summed E-state index contributed by atoms with van der Waals surface area (Å²) in [5.74, 6) is 0.215. The van der Waals surface area contributed by atoms with Gasteiger partial charge in [-0.05, 0) is 43.2 Å². The molecule has 0 N–H and O–H groups in total. The van der Waals surface area contributed by atoms with Crippen molar-refractivity contribution in [3.05, 3.63) is 71.4 Å². The van der Waals surface area contributed by atoms with Crippen LogP contribution >= 0.6 is 23.1 Å². The summed E-state index contributed by atoms with van der Waals surface area (Å²) in [6.45, 7) is 2.42. The van der Waals surface area contributed by atoms with Crippen molar-refractivity contribution >= 4 is 40.0 Å². The number of halogens is 1. The zero-order valence-corrected chi connectivity index (χ0v) is 19.2. The Labute approximate surface area is 194 Å². The minimum Gasteiger partial charge on any atom is -0.315 e. The molecule has 0 aliphatic carbocycles. The highest BCUT2D eigenvalue weighted by molar-refractivity contribution is 8.01. The summed E-state index contributed by atoms with van der Waals surface area (Å²) in [6, 6.07) is 15.4. The smallest absolute Gasteiger partial charge is 0.252 e. The minimum absolute atomic E-state index is 0.0432. The molecule has 0 bridgehead atoms. The van der Waals surface area contributed by atoms with Crippen LogP contribution in [-0.2, 0) is 16.1 Å². The van der Waals surface area contributed by atoms with Gasteiger partial charge >= 0.3 is 0 Å². The quantitative estimate of drug-likeness (QED) is 0.534. The van der Waals surface area contributed by atoms with Crippen molar-refractivity contribution in [2.24, 2.45) is 0 Å². The van der Waals surface area contributed by atoms with Gasteiger partial charge in [-0.1, -0.05) is 30.3 Å². The van der Waals surface area contributed by atoms with Gasteiger partial charge in [0.2, 0.25) is 5.91 Å². The number of hydrogen-bond donors (Lipinski definition) is 0. The van der Waals surface area contributed by atoms with Crippen LogP contribution < -0.4 is 4.90 Å². The number of benzene rings is 2. The van der Waals surface area contributed by atoms with E-state index in [2.05, 4.69) is 0 Å². The first-order chi connectivity index (χ1) is 15.4. The van der Waals surface area contributed by atoms with Crippen molar-refractivity contribution in [1.29, 1.82) is 0 Å². The van der Waals surface area contributed by atoms with Crippen LogP contribution in [0.25, 0.3) is 11.3 Å². The van der Waals surface area contributed by atoms with E-state index in [0.717, 1.165) is 17.5 Å². The fourth-order valence-corrected chi connectivity index (χ4v) is 6.59. The van der Waals surface area contributed by atoms with E-state index in [1.807, 2.05) is 42.6 Å². The fourth-order valence-electron chi connectivity index (χ4n) is 4.33. The number of fused-ring (bicyclic) bond motifs is 1. The van der Waals surface area contributed by atoms with Gasteiger partial charge in [0.15, 0.2) is 5.13 Å². The summed E-state index contributed by atoms with van der Waals surface area (Å²) in [5, 5.41) is 2.45. The molecule has 2 fully saturated rings. The van der Waals surface area contributed by atoms with E-state index in [1.165, 1.54) is 23.5 Å². The van der Waals surface area contributed by atoms with Crippen LogP contribution in [0.2, 0.25) is 0 Å². The third-order valence-electron chi connectivity index (χ3n) is 6.04. The van der Waals surface area contributed by atoms with Crippen molar-refractivity contribution in [3.8, 4) is 11.3 Å². The number of rotatable bonds is 5. The lowest BCUT2D eigenvalue weighted by atomic mass is 10.1. The fraction of sp³-hybridized carbons (Fsp3) is 0.292. The van der Waals surface area contributed by atoms with Crippen molar-refractivity contribution < 1.29 is 14.0 Å². The molecule has 2 unspecified atom stereocenters. The van der Waals surface area contributed by atoms with E-state index in [1.54, 1.807) is 33.7 Å². The molecule has 2 saturated heterocycles. The summed E-state index contributed by atoms with van der Waals surface area (Å²) >= 11 is 3.06. The zero-order valence-electron chi connectivity index (χ0n) is 17.5. The molecule has 1 aromatic heterocycles. The predicted octanol–water partition coefficient (Wildman–Crippen LogP) is 4.94. The number of carbonyl (C=O) groups is 2. The van der Waals surface area contributed by atoms with Crippen LogP contribution in [0.4, 0.5) is 9.52 Å². The first-order valence-electron chi connectivity index (χ1n) is 10.5. The van der Waals surface area contributed by atoms with Crippen LogP contribution in [0.15, 0.2) is 60.0 Å². The third-order valence-corrected chi connectivity index (χ3v) is 8.41. The molecule has 2 aliphatic rings. The molecular weight excluding hydrogens is 445 g/mol. The lowest BCUT2D eigenvalue weighted by Crippen LogP contribution is -2.51. The van der Waals surface area contributed by atoms with E-state index < -0.39 is 6.04 Å². The monoisotopic (exact) mass is 467 g/mol. The Kier molecular flexibility index (Phi) is 5.51. The highest BCUT2D eigenvalue weighted by Crippen LogP contribution is 2.48. The van der Waals surface area contributed by atoms with E-state index >= 15 is 0 Å². The largest absolute Gasteiger partial charge is 0.315 e. The van der Waals surface area contributed by atoms with Gasteiger partial charge in [0.05, 0.1) is 17.1 Å². The lowest BCUT2D eigenvalue weighted by Gasteiger charge is -2.32.